The van der Waals surface area contributed by atoms with Crippen molar-refractivity contribution in [3.8, 4) is 11.5 Å². The summed E-state index contributed by atoms with van der Waals surface area (Å²) in [5, 5.41) is 0. The van der Waals surface area contributed by atoms with Crippen LogP contribution in [0.3, 0.4) is 0 Å². The Morgan fingerprint density at radius 2 is 1.75 bits per heavy atom. The average molecular weight is 270 g/mol. The molecule has 0 atom stereocenters. The number of rotatable bonds is 5. The molecule has 20 heavy (non-hydrogen) atoms. The van der Waals surface area contributed by atoms with Gasteiger partial charge in [-0.15, -0.1) is 0 Å². The van der Waals surface area contributed by atoms with E-state index in [4.69, 9.17) is 9.47 Å². The van der Waals surface area contributed by atoms with Crippen LogP contribution in [-0.2, 0) is 11.2 Å². The van der Waals surface area contributed by atoms with Crippen molar-refractivity contribution < 1.29 is 14.3 Å². The zero-order chi connectivity index (χ0) is 14.4. The van der Waals surface area contributed by atoms with Gasteiger partial charge in [0, 0.05) is 0 Å². The summed E-state index contributed by atoms with van der Waals surface area (Å²) in [6, 6.07) is 15.0. The van der Waals surface area contributed by atoms with E-state index < -0.39 is 5.97 Å². The summed E-state index contributed by atoms with van der Waals surface area (Å²) in [7, 11) is 0. The van der Waals surface area contributed by atoms with E-state index in [1.165, 1.54) is 0 Å². The lowest BCUT2D eigenvalue weighted by molar-refractivity contribution is -0.136. The molecule has 3 heteroatoms. The van der Waals surface area contributed by atoms with E-state index >= 15 is 0 Å². The Labute approximate surface area is 119 Å². The van der Waals surface area contributed by atoms with Crippen LogP contribution in [0.15, 0.2) is 48.5 Å². The van der Waals surface area contributed by atoms with Crippen LogP contribution in [0.2, 0.25) is 0 Å². The minimum Gasteiger partial charge on any atom is -0.482 e. The van der Waals surface area contributed by atoms with Crippen LogP contribution >= 0.6 is 0 Å². The highest BCUT2D eigenvalue weighted by Crippen LogP contribution is 2.18. The molecule has 0 amide bonds. The van der Waals surface area contributed by atoms with Crippen molar-refractivity contribution in [1.82, 2.24) is 0 Å². The highest BCUT2D eigenvalue weighted by Gasteiger charge is 2.07. The Hall–Kier alpha value is -2.29. The standard InChI is InChI=1S/C17H18O3/c1-3-14-6-4-5-7-16(14)19-12-17(18)20-15-10-8-13(2)9-11-15/h4-11H,3,12H2,1-2H3. The second-order valence-corrected chi connectivity index (χ2v) is 4.54. The van der Waals surface area contributed by atoms with Crippen LogP contribution in [0.1, 0.15) is 18.1 Å². The van der Waals surface area contributed by atoms with Crippen molar-refractivity contribution >= 4 is 5.97 Å². The van der Waals surface area contributed by atoms with Crippen molar-refractivity contribution in [3.05, 3.63) is 59.7 Å². The third-order valence-corrected chi connectivity index (χ3v) is 2.95. The Balaban J connectivity index is 1.90. The molecule has 3 nitrogen and oxygen atoms in total. The van der Waals surface area contributed by atoms with Gasteiger partial charge in [0.05, 0.1) is 0 Å². The third-order valence-electron chi connectivity index (χ3n) is 2.95. The molecule has 104 valence electrons. The topological polar surface area (TPSA) is 35.5 Å². The molecule has 0 saturated heterocycles. The number of carbonyl (C=O) groups excluding carboxylic acids is 1. The van der Waals surface area contributed by atoms with Crippen LogP contribution in [0.5, 0.6) is 11.5 Å². The fourth-order valence-corrected chi connectivity index (χ4v) is 1.84. The molecule has 0 aromatic heterocycles. The molecule has 2 aromatic rings. The van der Waals surface area contributed by atoms with Gasteiger partial charge in [0.1, 0.15) is 11.5 Å². The molecular formula is C17H18O3. The summed E-state index contributed by atoms with van der Waals surface area (Å²) in [4.78, 5) is 11.7. The van der Waals surface area contributed by atoms with Crippen molar-refractivity contribution in [1.29, 1.82) is 0 Å². The Morgan fingerprint density at radius 1 is 1.05 bits per heavy atom. The second kappa shape index (κ2) is 6.75. The van der Waals surface area contributed by atoms with Crippen molar-refractivity contribution in [2.24, 2.45) is 0 Å². The van der Waals surface area contributed by atoms with E-state index in [1.54, 1.807) is 12.1 Å². The van der Waals surface area contributed by atoms with Crippen LogP contribution in [0.25, 0.3) is 0 Å². The molecule has 0 N–H and O–H groups in total. The van der Waals surface area contributed by atoms with Gasteiger partial charge in [-0.1, -0.05) is 42.8 Å². The Kier molecular flexibility index (Phi) is 4.77. The lowest BCUT2D eigenvalue weighted by Gasteiger charge is -2.10. The molecule has 2 rings (SSSR count). The lowest BCUT2D eigenvalue weighted by Crippen LogP contribution is -2.18. The van der Waals surface area contributed by atoms with E-state index in [0.717, 1.165) is 23.3 Å². The van der Waals surface area contributed by atoms with Gasteiger partial charge in [0.25, 0.3) is 0 Å². The van der Waals surface area contributed by atoms with Gasteiger partial charge in [0.15, 0.2) is 6.61 Å². The number of carbonyl (C=O) groups is 1. The minimum atomic E-state index is -0.403. The van der Waals surface area contributed by atoms with Crippen molar-refractivity contribution in [2.45, 2.75) is 20.3 Å². The van der Waals surface area contributed by atoms with Crippen LogP contribution in [0.4, 0.5) is 0 Å². The van der Waals surface area contributed by atoms with E-state index in [9.17, 15) is 4.79 Å². The van der Waals surface area contributed by atoms with Gasteiger partial charge in [-0.25, -0.2) is 4.79 Å². The van der Waals surface area contributed by atoms with E-state index in [2.05, 4.69) is 0 Å². The molecule has 0 unspecified atom stereocenters. The maximum absolute atomic E-state index is 11.7. The molecule has 0 bridgehead atoms. The highest BCUT2D eigenvalue weighted by atomic mass is 16.6. The summed E-state index contributed by atoms with van der Waals surface area (Å²) in [6.45, 7) is 3.94. The quantitative estimate of drug-likeness (QED) is 0.615. The molecule has 0 radical (unpaired) electrons. The fraction of sp³-hybridized carbons (Fsp3) is 0.235. The number of para-hydroxylation sites is 1. The summed E-state index contributed by atoms with van der Waals surface area (Å²) < 4.78 is 10.7. The number of aryl methyl sites for hydroxylation is 2. The third kappa shape index (κ3) is 3.85. The van der Waals surface area contributed by atoms with E-state index in [1.807, 2.05) is 50.2 Å². The molecule has 0 saturated carbocycles. The minimum absolute atomic E-state index is 0.0924. The normalized spacial score (nSPS) is 10.1. The predicted molar refractivity (Wildman–Crippen MR) is 78.1 cm³/mol. The maximum Gasteiger partial charge on any atom is 0.349 e. The van der Waals surface area contributed by atoms with Gasteiger partial charge in [-0.05, 0) is 37.1 Å². The molecule has 2 aromatic carbocycles. The molecule has 0 aliphatic carbocycles. The highest BCUT2D eigenvalue weighted by molar-refractivity contribution is 5.74. The summed E-state index contributed by atoms with van der Waals surface area (Å²) in [6.07, 6.45) is 0.864. The van der Waals surface area contributed by atoms with Crippen molar-refractivity contribution in [2.75, 3.05) is 6.61 Å². The summed E-state index contributed by atoms with van der Waals surface area (Å²) in [5.74, 6) is 0.864. The van der Waals surface area contributed by atoms with E-state index in [-0.39, 0.29) is 6.61 Å². The predicted octanol–water partition coefficient (Wildman–Crippen LogP) is 3.54. The van der Waals surface area contributed by atoms with Gasteiger partial charge >= 0.3 is 5.97 Å². The Bertz CT molecular complexity index is 573. The first-order valence-electron chi connectivity index (χ1n) is 6.67. The van der Waals surface area contributed by atoms with Crippen LogP contribution < -0.4 is 9.47 Å². The zero-order valence-electron chi connectivity index (χ0n) is 11.8. The molecule has 0 aliphatic rings. The number of benzene rings is 2. The van der Waals surface area contributed by atoms with Crippen molar-refractivity contribution in [3.63, 3.8) is 0 Å². The molecule has 0 aliphatic heterocycles. The number of hydrogen-bond donors (Lipinski definition) is 0. The van der Waals surface area contributed by atoms with Crippen LogP contribution in [-0.4, -0.2) is 12.6 Å². The molecular weight excluding hydrogens is 252 g/mol. The zero-order valence-corrected chi connectivity index (χ0v) is 11.8. The number of esters is 1. The molecule has 0 fully saturated rings. The fourth-order valence-electron chi connectivity index (χ4n) is 1.84. The Morgan fingerprint density at radius 3 is 2.45 bits per heavy atom. The monoisotopic (exact) mass is 270 g/mol. The summed E-state index contributed by atoms with van der Waals surface area (Å²) >= 11 is 0. The van der Waals surface area contributed by atoms with Gasteiger partial charge < -0.3 is 9.47 Å². The first kappa shape index (κ1) is 14.1. The van der Waals surface area contributed by atoms with Crippen LogP contribution in [0, 0.1) is 6.92 Å². The lowest BCUT2D eigenvalue weighted by atomic mass is 10.1. The smallest absolute Gasteiger partial charge is 0.349 e. The average Bonchev–Trinajstić information content (AvgIpc) is 2.48. The van der Waals surface area contributed by atoms with E-state index in [0.29, 0.717) is 5.75 Å². The maximum atomic E-state index is 11.7. The molecule has 0 spiro atoms. The van der Waals surface area contributed by atoms with Gasteiger partial charge in [0.2, 0.25) is 0 Å². The van der Waals surface area contributed by atoms with Gasteiger partial charge in [-0.3, -0.25) is 0 Å². The number of ether oxygens (including phenoxy) is 2. The molecule has 0 heterocycles. The first-order valence-corrected chi connectivity index (χ1v) is 6.67. The SMILES string of the molecule is CCc1ccccc1OCC(=O)Oc1ccc(C)cc1. The first-order chi connectivity index (χ1) is 9.69. The number of hydrogen-bond acceptors (Lipinski definition) is 3. The summed E-state index contributed by atoms with van der Waals surface area (Å²) in [5.41, 5.74) is 2.20. The van der Waals surface area contributed by atoms with Gasteiger partial charge in [-0.2, -0.15) is 0 Å². The second-order valence-electron chi connectivity index (χ2n) is 4.54. The largest absolute Gasteiger partial charge is 0.482 e.